The molecule has 0 atom stereocenters. The van der Waals surface area contributed by atoms with Crippen molar-refractivity contribution in [3.8, 4) is 11.8 Å². The number of hydrogen-bond donors (Lipinski definition) is 2. The maximum Gasteiger partial charge on any atom is 0.296 e. The number of aryl methyl sites for hydroxylation is 1. The molecule has 9 heteroatoms. The number of hydrogen-bond acceptors (Lipinski definition) is 7. The van der Waals surface area contributed by atoms with E-state index >= 15 is 0 Å². The molecule has 3 aromatic rings. The highest BCUT2D eigenvalue weighted by molar-refractivity contribution is 6.09. The van der Waals surface area contributed by atoms with Gasteiger partial charge >= 0.3 is 0 Å². The first-order valence-electron chi connectivity index (χ1n) is 13.5. The van der Waals surface area contributed by atoms with Crippen LogP contribution < -0.4 is 10.3 Å². The first-order chi connectivity index (χ1) is 18.4. The molecule has 1 saturated carbocycles. The fraction of sp³-hybridized carbons (Fsp3) is 0.483. The van der Waals surface area contributed by atoms with E-state index in [1.165, 1.54) is 6.07 Å². The number of ether oxygens (including phenoxy) is 2. The molecule has 2 aromatic carbocycles. The summed E-state index contributed by atoms with van der Waals surface area (Å²) in [5, 5.41) is 11.8. The third-order valence-electron chi connectivity index (χ3n) is 7.59. The molecule has 2 N–H and O–H groups in total. The van der Waals surface area contributed by atoms with Gasteiger partial charge < -0.3 is 19.5 Å². The molecule has 3 heterocycles. The Labute approximate surface area is 222 Å². The summed E-state index contributed by atoms with van der Waals surface area (Å²) in [4.78, 5) is 37.7. The SMILES string of the molecule is CC.Cc1cccc2cc(O)cc(C(=O)N3Cc4nc(OCC5(CN6CCOCC6)CC5)[nH]c(=O)c4C3)c12. The molecule has 1 amide bonds. The number of aromatic nitrogens is 2. The summed E-state index contributed by atoms with van der Waals surface area (Å²) in [5.74, 6) is -0.210. The summed E-state index contributed by atoms with van der Waals surface area (Å²) >= 11 is 0. The van der Waals surface area contributed by atoms with Crippen molar-refractivity contribution in [1.29, 1.82) is 0 Å². The number of morpholine rings is 1. The predicted octanol–water partition coefficient (Wildman–Crippen LogP) is 3.61. The standard InChI is InChI=1S/C27H30N4O5.C2H6/c1-17-3-2-4-18-11-19(32)12-20(23(17)18)25(34)31-13-21-22(14-31)28-26(29-24(21)33)36-16-27(5-6-27)15-30-7-9-35-10-8-30;1-2/h2-4,11-12,32H,5-10,13-16H2,1H3,(H,28,29,33);1-2H3. The molecular weight excluding hydrogens is 484 g/mol. The summed E-state index contributed by atoms with van der Waals surface area (Å²) in [6.45, 7) is 11.2. The fourth-order valence-corrected chi connectivity index (χ4v) is 5.37. The second-order valence-corrected chi connectivity index (χ2v) is 10.3. The van der Waals surface area contributed by atoms with Crippen LogP contribution in [-0.2, 0) is 17.8 Å². The highest BCUT2D eigenvalue weighted by Gasteiger charge is 2.45. The summed E-state index contributed by atoms with van der Waals surface area (Å²) in [6, 6.07) is 9.07. The van der Waals surface area contributed by atoms with Gasteiger partial charge in [0.05, 0.1) is 49.7 Å². The van der Waals surface area contributed by atoms with Crippen LogP contribution in [0.1, 0.15) is 53.9 Å². The van der Waals surface area contributed by atoms with Crippen LogP contribution >= 0.6 is 0 Å². The summed E-state index contributed by atoms with van der Waals surface area (Å²) in [6.07, 6.45) is 2.19. The van der Waals surface area contributed by atoms with E-state index in [1.54, 1.807) is 11.0 Å². The lowest BCUT2D eigenvalue weighted by Gasteiger charge is -2.30. The Bertz CT molecular complexity index is 1390. The molecule has 6 rings (SSSR count). The van der Waals surface area contributed by atoms with Gasteiger partial charge in [0.25, 0.3) is 17.5 Å². The van der Waals surface area contributed by atoms with Gasteiger partial charge in [0.2, 0.25) is 0 Å². The first-order valence-corrected chi connectivity index (χ1v) is 13.5. The molecule has 0 unspecified atom stereocenters. The molecule has 1 saturated heterocycles. The zero-order chi connectivity index (χ0) is 26.9. The Morgan fingerprint density at radius 3 is 2.68 bits per heavy atom. The maximum atomic E-state index is 13.5. The van der Waals surface area contributed by atoms with Gasteiger partial charge in [-0.3, -0.25) is 19.5 Å². The molecule has 0 spiro atoms. The molecule has 38 heavy (non-hydrogen) atoms. The van der Waals surface area contributed by atoms with Crippen LogP contribution in [-0.4, -0.2) is 70.2 Å². The van der Waals surface area contributed by atoms with Gasteiger partial charge in [-0.2, -0.15) is 4.98 Å². The number of fused-ring (bicyclic) bond motifs is 2. The fourth-order valence-electron chi connectivity index (χ4n) is 5.37. The Balaban J connectivity index is 0.00000144. The number of aromatic hydroxyl groups is 1. The van der Waals surface area contributed by atoms with E-state index in [0.717, 1.165) is 62.0 Å². The number of H-pyrrole nitrogens is 1. The number of nitrogens with zero attached hydrogens (tertiary/aromatic N) is 3. The number of carbonyl (C=O) groups is 1. The molecule has 202 valence electrons. The number of rotatable bonds is 6. The predicted molar refractivity (Wildman–Crippen MR) is 145 cm³/mol. The van der Waals surface area contributed by atoms with Crippen molar-refractivity contribution < 1.29 is 19.4 Å². The van der Waals surface area contributed by atoms with Gasteiger partial charge in [0, 0.05) is 25.0 Å². The van der Waals surface area contributed by atoms with Crippen LogP contribution in [0.4, 0.5) is 0 Å². The number of carbonyl (C=O) groups excluding carboxylic acids is 1. The van der Waals surface area contributed by atoms with Crippen molar-refractivity contribution in [3.05, 3.63) is 63.1 Å². The van der Waals surface area contributed by atoms with Gasteiger partial charge in [-0.25, -0.2) is 0 Å². The molecule has 3 aliphatic rings. The average Bonchev–Trinajstić information content (AvgIpc) is 3.54. The molecule has 0 bridgehead atoms. The molecule has 9 nitrogen and oxygen atoms in total. The number of phenols is 1. The zero-order valence-electron chi connectivity index (χ0n) is 22.4. The maximum absolute atomic E-state index is 13.5. The van der Waals surface area contributed by atoms with Crippen LogP contribution in [0, 0.1) is 12.3 Å². The van der Waals surface area contributed by atoms with Crippen molar-refractivity contribution in [2.45, 2.75) is 46.7 Å². The van der Waals surface area contributed by atoms with Crippen LogP contribution in [0.2, 0.25) is 0 Å². The topological polar surface area (TPSA) is 108 Å². The molecule has 1 aliphatic carbocycles. The average molecular weight is 521 g/mol. The normalized spacial score (nSPS) is 18.0. The minimum Gasteiger partial charge on any atom is -0.508 e. The van der Waals surface area contributed by atoms with Crippen LogP contribution in [0.5, 0.6) is 11.8 Å². The molecule has 2 aliphatic heterocycles. The van der Waals surface area contributed by atoms with Crippen LogP contribution in [0.15, 0.2) is 35.1 Å². The van der Waals surface area contributed by atoms with Crippen LogP contribution in [0.3, 0.4) is 0 Å². The van der Waals surface area contributed by atoms with E-state index in [-0.39, 0.29) is 41.7 Å². The van der Waals surface area contributed by atoms with Gasteiger partial charge in [0.1, 0.15) is 5.75 Å². The van der Waals surface area contributed by atoms with Crippen molar-refractivity contribution in [2.75, 3.05) is 39.5 Å². The summed E-state index contributed by atoms with van der Waals surface area (Å²) in [5.41, 5.74) is 2.23. The van der Waals surface area contributed by atoms with Crippen molar-refractivity contribution in [1.82, 2.24) is 19.8 Å². The molecule has 0 radical (unpaired) electrons. The first kappa shape index (κ1) is 26.2. The van der Waals surface area contributed by atoms with Gasteiger partial charge in [-0.15, -0.1) is 0 Å². The van der Waals surface area contributed by atoms with E-state index in [0.29, 0.717) is 23.4 Å². The van der Waals surface area contributed by atoms with Gasteiger partial charge in [0.15, 0.2) is 0 Å². The number of amides is 1. The smallest absolute Gasteiger partial charge is 0.296 e. The van der Waals surface area contributed by atoms with Crippen molar-refractivity contribution in [2.24, 2.45) is 5.41 Å². The van der Waals surface area contributed by atoms with E-state index in [9.17, 15) is 14.7 Å². The summed E-state index contributed by atoms with van der Waals surface area (Å²) in [7, 11) is 0. The quantitative estimate of drug-likeness (QED) is 0.511. The number of phenolic OH excluding ortho intramolecular Hbond substituents is 1. The highest BCUT2D eigenvalue weighted by Crippen LogP contribution is 2.46. The molecular formula is C29H36N4O5. The molecule has 2 fully saturated rings. The van der Waals surface area contributed by atoms with Gasteiger partial charge in [-0.1, -0.05) is 32.0 Å². The monoisotopic (exact) mass is 520 g/mol. The lowest BCUT2D eigenvalue weighted by Crippen LogP contribution is -2.41. The minimum absolute atomic E-state index is 0.0332. The van der Waals surface area contributed by atoms with Crippen molar-refractivity contribution >= 4 is 16.7 Å². The van der Waals surface area contributed by atoms with E-state index in [2.05, 4.69) is 14.9 Å². The van der Waals surface area contributed by atoms with E-state index < -0.39 is 0 Å². The second kappa shape index (κ2) is 10.7. The Hall–Kier alpha value is -3.43. The van der Waals surface area contributed by atoms with E-state index in [4.69, 9.17) is 9.47 Å². The van der Waals surface area contributed by atoms with Gasteiger partial charge in [-0.05, 0) is 48.2 Å². The Kier molecular flexibility index (Phi) is 7.40. The number of aromatic amines is 1. The van der Waals surface area contributed by atoms with E-state index in [1.807, 2.05) is 39.0 Å². The van der Waals surface area contributed by atoms with Crippen LogP contribution in [0.25, 0.3) is 10.8 Å². The third kappa shape index (κ3) is 5.26. The lowest BCUT2D eigenvalue weighted by molar-refractivity contribution is 0.0231. The highest BCUT2D eigenvalue weighted by atomic mass is 16.5. The van der Waals surface area contributed by atoms with Crippen molar-refractivity contribution in [3.63, 3.8) is 0 Å². The summed E-state index contributed by atoms with van der Waals surface area (Å²) < 4.78 is 11.4. The number of nitrogens with one attached hydrogen (secondary N) is 1. The Morgan fingerprint density at radius 1 is 1.18 bits per heavy atom. The Morgan fingerprint density at radius 2 is 1.95 bits per heavy atom. The minimum atomic E-state index is -0.278. The third-order valence-corrected chi connectivity index (χ3v) is 7.59. The largest absolute Gasteiger partial charge is 0.508 e. The zero-order valence-corrected chi connectivity index (χ0v) is 22.4. The number of benzene rings is 2. The molecule has 1 aromatic heterocycles. The lowest BCUT2D eigenvalue weighted by atomic mass is 9.98. The second-order valence-electron chi connectivity index (χ2n) is 10.3.